The second-order valence-electron chi connectivity index (χ2n) is 4.45. The number of nitrogens with zero attached hydrogens (tertiary/aromatic N) is 1. The Labute approximate surface area is 102 Å². The van der Waals surface area contributed by atoms with Crippen molar-refractivity contribution in [1.82, 2.24) is 4.90 Å². The molecule has 1 saturated heterocycles. The molecule has 0 aromatic heterocycles. The fourth-order valence-electron chi connectivity index (χ4n) is 2.08. The van der Waals surface area contributed by atoms with Gasteiger partial charge in [0.25, 0.3) is 0 Å². The summed E-state index contributed by atoms with van der Waals surface area (Å²) in [5.74, 6) is 0.923. The molecule has 1 amide bonds. The lowest BCUT2D eigenvalue weighted by Crippen LogP contribution is -2.31. The van der Waals surface area contributed by atoms with Crippen molar-refractivity contribution in [3.8, 4) is 5.75 Å². The van der Waals surface area contributed by atoms with Gasteiger partial charge in [-0.15, -0.1) is 0 Å². The monoisotopic (exact) mass is 234 g/mol. The summed E-state index contributed by atoms with van der Waals surface area (Å²) in [6.45, 7) is 2.83. The number of likely N-dealkylation sites (tertiary alicyclic amines) is 1. The molecular weight excluding hydrogens is 216 g/mol. The van der Waals surface area contributed by atoms with Crippen molar-refractivity contribution in [2.24, 2.45) is 0 Å². The topological polar surface area (TPSA) is 41.6 Å². The zero-order valence-corrected chi connectivity index (χ0v) is 10.5. The van der Waals surface area contributed by atoms with Gasteiger partial charge in [-0.3, -0.25) is 4.79 Å². The van der Waals surface area contributed by atoms with Crippen molar-refractivity contribution < 1.29 is 9.53 Å². The predicted molar refractivity (Wildman–Crippen MR) is 67.4 cm³/mol. The van der Waals surface area contributed by atoms with Crippen molar-refractivity contribution >= 4 is 11.6 Å². The van der Waals surface area contributed by atoms with Gasteiger partial charge in [-0.1, -0.05) is 6.07 Å². The predicted octanol–water partition coefficient (Wildman–Crippen LogP) is 1.65. The minimum absolute atomic E-state index is 0.129. The first-order valence-corrected chi connectivity index (χ1v) is 5.78. The lowest BCUT2D eigenvalue weighted by Gasteiger charge is -2.16. The number of hydrogen-bond acceptors (Lipinski definition) is 3. The van der Waals surface area contributed by atoms with Crippen molar-refractivity contribution in [3.05, 3.63) is 23.8 Å². The molecule has 1 aliphatic rings. The maximum absolute atomic E-state index is 11.8. The number of carbonyl (C=O) groups is 1. The highest BCUT2D eigenvalue weighted by molar-refractivity contribution is 5.87. The van der Waals surface area contributed by atoms with Crippen LogP contribution in [0.5, 0.6) is 5.75 Å². The summed E-state index contributed by atoms with van der Waals surface area (Å²) >= 11 is 0. The van der Waals surface area contributed by atoms with Gasteiger partial charge in [0.2, 0.25) is 5.91 Å². The van der Waals surface area contributed by atoms with Crippen LogP contribution in [0.15, 0.2) is 18.2 Å². The molecule has 1 aromatic rings. The molecule has 1 fully saturated rings. The number of nitrogens with one attached hydrogen (secondary N) is 1. The molecule has 0 aliphatic carbocycles. The van der Waals surface area contributed by atoms with Crippen LogP contribution >= 0.6 is 0 Å². The smallest absolute Gasteiger partial charge is 0.244 e. The Morgan fingerprint density at radius 3 is 2.82 bits per heavy atom. The summed E-state index contributed by atoms with van der Waals surface area (Å²) in [6, 6.07) is 5.79. The number of hydrogen-bond donors (Lipinski definition) is 1. The van der Waals surface area contributed by atoms with Gasteiger partial charge in [0, 0.05) is 13.6 Å². The fourth-order valence-corrected chi connectivity index (χ4v) is 2.08. The summed E-state index contributed by atoms with van der Waals surface area (Å²) in [4.78, 5) is 13.6. The van der Waals surface area contributed by atoms with E-state index in [1.54, 1.807) is 12.0 Å². The minimum Gasteiger partial charge on any atom is -0.495 e. The molecule has 92 valence electrons. The van der Waals surface area contributed by atoms with Gasteiger partial charge in [0.15, 0.2) is 0 Å². The maximum atomic E-state index is 11.8. The van der Waals surface area contributed by atoms with E-state index in [9.17, 15) is 4.79 Å². The second-order valence-corrected chi connectivity index (χ2v) is 4.45. The Bertz CT molecular complexity index is 431. The summed E-state index contributed by atoms with van der Waals surface area (Å²) in [6.07, 6.45) is 0.840. The van der Waals surface area contributed by atoms with Crippen molar-refractivity contribution in [1.29, 1.82) is 0 Å². The van der Waals surface area contributed by atoms with Crippen LogP contribution < -0.4 is 10.1 Å². The number of carbonyl (C=O) groups excluding carboxylic acids is 1. The number of rotatable bonds is 3. The standard InChI is InChI=1S/C13H18N2O2/c1-9-4-5-12(17-3)11(8-9)14-10-6-7-15(2)13(10)16/h4-5,8,10,14H,6-7H2,1-3H3. The highest BCUT2D eigenvalue weighted by atomic mass is 16.5. The molecule has 0 radical (unpaired) electrons. The van der Waals surface area contributed by atoms with Gasteiger partial charge in [0.05, 0.1) is 12.8 Å². The van der Waals surface area contributed by atoms with Crippen LogP contribution in [-0.4, -0.2) is 37.6 Å². The molecular formula is C13H18N2O2. The summed E-state index contributed by atoms with van der Waals surface area (Å²) in [5.41, 5.74) is 2.04. The van der Waals surface area contributed by atoms with E-state index >= 15 is 0 Å². The number of ether oxygens (including phenoxy) is 1. The van der Waals surface area contributed by atoms with Gasteiger partial charge in [-0.25, -0.2) is 0 Å². The van der Waals surface area contributed by atoms with Crippen LogP contribution in [0, 0.1) is 6.92 Å². The van der Waals surface area contributed by atoms with E-state index in [4.69, 9.17) is 4.74 Å². The Morgan fingerprint density at radius 1 is 1.47 bits per heavy atom. The first-order valence-electron chi connectivity index (χ1n) is 5.78. The third-order valence-corrected chi connectivity index (χ3v) is 3.11. The van der Waals surface area contributed by atoms with Gasteiger partial charge < -0.3 is 15.0 Å². The number of benzene rings is 1. The quantitative estimate of drug-likeness (QED) is 0.864. The Hall–Kier alpha value is -1.71. The average Bonchev–Trinajstić information content (AvgIpc) is 2.61. The van der Waals surface area contributed by atoms with Gasteiger partial charge in [-0.05, 0) is 31.0 Å². The fraction of sp³-hybridized carbons (Fsp3) is 0.462. The van der Waals surface area contributed by atoms with E-state index in [1.165, 1.54) is 0 Å². The molecule has 1 unspecified atom stereocenters. The third-order valence-electron chi connectivity index (χ3n) is 3.11. The van der Waals surface area contributed by atoms with Crippen LogP contribution in [-0.2, 0) is 4.79 Å². The molecule has 0 saturated carbocycles. The van der Waals surface area contributed by atoms with Crippen molar-refractivity contribution in [2.75, 3.05) is 26.0 Å². The molecule has 1 atom stereocenters. The van der Waals surface area contributed by atoms with Crippen LogP contribution in [0.25, 0.3) is 0 Å². The lowest BCUT2D eigenvalue weighted by molar-refractivity contribution is -0.127. The largest absolute Gasteiger partial charge is 0.495 e. The zero-order valence-electron chi connectivity index (χ0n) is 10.5. The van der Waals surface area contributed by atoms with Gasteiger partial charge in [0.1, 0.15) is 11.8 Å². The third kappa shape index (κ3) is 2.35. The van der Waals surface area contributed by atoms with E-state index in [1.807, 2.05) is 32.2 Å². The van der Waals surface area contributed by atoms with Crippen LogP contribution in [0.2, 0.25) is 0 Å². The lowest BCUT2D eigenvalue weighted by atomic mass is 10.1. The summed E-state index contributed by atoms with van der Waals surface area (Å²) in [7, 11) is 3.47. The molecule has 1 aromatic carbocycles. The number of likely N-dealkylation sites (N-methyl/N-ethyl adjacent to an activating group) is 1. The molecule has 0 spiro atoms. The number of methoxy groups -OCH3 is 1. The highest BCUT2D eigenvalue weighted by Gasteiger charge is 2.29. The maximum Gasteiger partial charge on any atom is 0.244 e. The minimum atomic E-state index is -0.129. The molecule has 0 bridgehead atoms. The summed E-state index contributed by atoms with van der Waals surface area (Å²) in [5, 5.41) is 3.27. The molecule has 1 aliphatic heterocycles. The molecule has 17 heavy (non-hydrogen) atoms. The first-order chi connectivity index (χ1) is 8.11. The number of anilines is 1. The average molecular weight is 234 g/mol. The number of amides is 1. The number of aryl methyl sites for hydroxylation is 1. The van der Waals surface area contributed by atoms with Crippen LogP contribution in [0.4, 0.5) is 5.69 Å². The van der Waals surface area contributed by atoms with Gasteiger partial charge in [-0.2, -0.15) is 0 Å². The Kier molecular flexibility index (Phi) is 3.22. The Morgan fingerprint density at radius 2 is 2.24 bits per heavy atom. The summed E-state index contributed by atoms with van der Waals surface area (Å²) < 4.78 is 5.29. The molecule has 4 heteroatoms. The highest BCUT2D eigenvalue weighted by Crippen LogP contribution is 2.27. The zero-order chi connectivity index (χ0) is 12.4. The van der Waals surface area contributed by atoms with Crippen molar-refractivity contribution in [2.45, 2.75) is 19.4 Å². The normalized spacial score (nSPS) is 19.6. The molecule has 1 heterocycles. The second kappa shape index (κ2) is 4.65. The van der Waals surface area contributed by atoms with Crippen LogP contribution in [0.3, 0.4) is 0 Å². The van der Waals surface area contributed by atoms with E-state index in [2.05, 4.69) is 5.32 Å². The molecule has 2 rings (SSSR count). The van der Waals surface area contributed by atoms with E-state index < -0.39 is 0 Å². The van der Waals surface area contributed by atoms with Crippen molar-refractivity contribution in [3.63, 3.8) is 0 Å². The van der Waals surface area contributed by atoms with E-state index in [0.29, 0.717) is 0 Å². The van der Waals surface area contributed by atoms with E-state index in [0.717, 1.165) is 30.0 Å². The Balaban J connectivity index is 2.18. The molecule has 1 N–H and O–H groups in total. The molecule has 4 nitrogen and oxygen atoms in total. The SMILES string of the molecule is COc1ccc(C)cc1NC1CCN(C)C1=O. The van der Waals surface area contributed by atoms with Crippen LogP contribution in [0.1, 0.15) is 12.0 Å². The first kappa shape index (κ1) is 11.8. The van der Waals surface area contributed by atoms with E-state index in [-0.39, 0.29) is 11.9 Å². The van der Waals surface area contributed by atoms with Gasteiger partial charge >= 0.3 is 0 Å².